The van der Waals surface area contributed by atoms with Crippen molar-refractivity contribution in [2.75, 3.05) is 26.3 Å². The number of allylic oxidation sites excluding steroid dienone is 2. The number of ether oxygens (including phenoxy) is 1. The molecule has 0 N–H and O–H groups in total. The third-order valence-electron chi connectivity index (χ3n) is 6.76. The fraction of sp³-hybridized carbons (Fsp3) is 0.722. The zero-order valence-corrected chi connectivity index (χ0v) is 13.8. The Balaban J connectivity index is 1.40. The number of nitrogens with zero attached hydrogens (tertiary/aromatic N) is 2. The molecule has 24 heavy (non-hydrogen) atoms. The van der Waals surface area contributed by atoms with Crippen LogP contribution in [0.25, 0.3) is 0 Å². The molecule has 3 amide bonds. The van der Waals surface area contributed by atoms with E-state index in [0.717, 1.165) is 6.42 Å². The first-order chi connectivity index (χ1) is 11.6. The van der Waals surface area contributed by atoms with Gasteiger partial charge in [-0.3, -0.25) is 19.3 Å². The van der Waals surface area contributed by atoms with Crippen molar-refractivity contribution in [1.29, 1.82) is 0 Å². The Morgan fingerprint density at radius 3 is 2.17 bits per heavy atom. The molecule has 0 aromatic heterocycles. The first-order valence-electron chi connectivity index (χ1n) is 9.01. The van der Waals surface area contributed by atoms with Crippen LogP contribution in [-0.2, 0) is 19.1 Å². The summed E-state index contributed by atoms with van der Waals surface area (Å²) in [5.41, 5.74) is 0. The summed E-state index contributed by atoms with van der Waals surface area (Å²) in [5.74, 6) is 0.754. The van der Waals surface area contributed by atoms with Gasteiger partial charge in [0, 0.05) is 13.1 Å². The average Bonchev–Trinajstić information content (AvgIpc) is 3.39. The Bertz CT molecular complexity index is 617. The largest absolute Gasteiger partial charge is 0.378 e. The number of hydrogen-bond donors (Lipinski definition) is 0. The molecule has 2 heterocycles. The maximum absolute atomic E-state index is 13.0. The van der Waals surface area contributed by atoms with E-state index in [1.807, 2.05) is 0 Å². The summed E-state index contributed by atoms with van der Waals surface area (Å²) in [6.07, 6.45) is 5.46. The van der Waals surface area contributed by atoms with Gasteiger partial charge >= 0.3 is 0 Å². The fourth-order valence-corrected chi connectivity index (χ4v) is 5.52. The fourth-order valence-electron chi connectivity index (χ4n) is 5.52. The zero-order valence-electron chi connectivity index (χ0n) is 13.8. The Labute approximate surface area is 140 Å². The minimum absolute atomic E-state index is 0.121. The SMILES string of the molecule is C[C@H](C(=O)N1CCOCC1)N1C(=O)[C@@H]2[C@H]3C=C[C@@H]([C@@H]4C[C@H]34)[C@H]2C1=O. The van der Waals surface area contributed by atoms with E-state index >= 15 is 0 Å². The summed E-state index contributed by atoms with van der Waals surface area (Å²) in [4.78, 5) is 41.8. The first-order valence-corrected chi connectivity index (χ1v) is 9.01. The van der Waals surface area contributed by atoms with Crippen molar-refractivity contribution < 1.29 is 19.1 Å². The lowest BCUT2D eigenvalue weighted by atomic mass is 9.63. The van der Waals surface area contributed by atoms with Crippen molar-refractivity contribution in [2.24, 2.45) is 35.5 Å². The van der Waals surface area contributed by atoms with Gasteiger partial charge in [-0.05, 0) is 37.0 Å². The van der Waals surface area contributed by atoms with Gasteiger partial charge < -0.3 is 9.64 Å². The monoisotopic (exact) mass is 330 g/mol. The van der Waals surface area contributed by atoms with Crippen LogP contribution in [0.5, 0.6) is 0 Å². The molecule has 6 heteroatoms. The first kappa shape index (κ1) is 14.6. The van der Waals surface area contributed by atoms with Crippen molar-refractivity contribution in [3.63, 3.8) is 0 Å². The quantitative estimate of drug-likeness (QED) is 0.539. The number of imide groups is 1. The van der Waals surface area contributed by atoms with Gasteiger partial charge in [-0.1, -0.05) is 12.2 Å². The van der Waals surface area contributed by atoms with Gasteiger partial charge in [-0.15, -0.1) is 0 Å². The maximum atomic E-state index is 13.0. The molecule has 2 saturated heterocycles. The van der Waals surface area contributed by atoms with Crippen LogP contribution >= 0.6 is 0 Å². The van der Waals surface area contributed by atoms with Crippen LogP contribution in [0.3, 0.4) is 0 Å². The van der Waals surface area contributed by atoms with Crippen LogP contribution in [0.1, 0.15) is 13.3 Å². The van der Waals surface area contributed by atoms with Crippen LogP contribution < -0.4 is 0 Å². The Hall–Kier alpha value is -1.69. The van der Waals surface area contributed by atoms with Crippen molar-refractivity contribution in [2.45, 2.75) is 19.4 Å². The van der Waals surface area contributed by atoms with Gasteiger partial charge in [0.15, 0.2) is 0 Å². The third-order valence-corrected chi connectivity index (χ3v) is 6.76. The second-order valence-corrected chi connectivity index (χ2v) is 7.81. The molecule has 4 aliphatic carbocycles. The smallest absolute Gasteiger partial charge is 0.245 e. The summed E-state index contributed by atoms with van der Waals surface area (Å²) in [6, 6.07) is -0.704. The van der Waals surface area contributed by atoms with E-state index in [9.17, 15) is 14.4 Å². The summed E-state index contributed by atoms with van der Waals surface area (Å²) in [5, 5.41) is 0. The molecule has 0 radical (unpaired) electrons. The Morgan fingerprint density at radius 1 is 1.08 bits per heavy atom. The van der Waals surface area contributed by atoms with Crippen molar-refractivity contribution >= 4 is 17.7 Å². The predicted octanol–water partition coefficient (Wildman–Crippen LogP) is 0.287. The van der Waals surface area contributed by atoms with Crippen LogP contribution in [0.15, 0.2) is 12.2 Å². The van der Waals surface area contributed by atoms with E-state index in [1.54, 1.807) is 11.8 Å². The van der Waals surface area contributed by atoms with Gasteiger partial charge in [0.25, 0.3) is 0 Å². The lowest BCUT2D eigenvalue weighted by Crippen LogP contribution is -2.52. The van der Waals surface area contributed by atoms with Crippen molar-refractivity contribution in [3.05, 3.63) is 12.2 Å². The second-order valence-electron chi connectivity index (χ2n) is 7.81. The van der Waals surface area contributed by atoms with Gasteiger partial charge in [0.1, 0.15) is 6.04 Å². The van der Waals surface area contributed by atoms with Crippen LogP contribution in [-0.4, -0.2) is 59.9 Å². The number of hydrogen-bond acceptors (Lipinski definition) is 4. The average molecular weight is 330 g/mol. The standard InChI is InChI=1S/C18H22N2O4/c1-9(16(21)19-4-6-24-7-5-19)20-17(22)14-10-2-3-11(13-8-12(10)13)15(14)18(20)23/h2-3,9-15H,4-8H2,1H3/t9-,10+,11+,12-,13+,14-,15-/m1/s1. The van der Waals surface area contributed by atoms with E-state index in [2.05, 4.69) is 12.2 Å². The lowest BCUT2D eigenvalue weighted by Gasteiger charge is -2.37. The number of morpholine rings is 1. The van der Waals surface area contributed by atoms with E-state index in [4.69, 9.17) is 4.74 Å². The van der Waals surface area contributed by atoms with E-state index < -0.39 is 6.04 Å². The van der Waals surface area contributed by atoms with E-state index in [1.165, 1.54) is 4.90 Å². The molecular formula is C18H22N2O4. The summed E-state index contributed by atoms with van der Waals surface area (Å²) in [6.45, 7) is 3.79. The van der Waals surface area contributed by atoms with Crippen LogP contribution in [0, 0.1) is 35.5 Å². The molecular weight excluding hydrogens is 308 g/mol. The highest BCUT2D eigenvalue weighted by Crippen LogP contribution is 2.65. The Kier molecular flexibility index (Phi) is 2.99. The third kappa shape index (κ3) is 1.78. The number of rotatable bonds is 2. The topological polar surface area (TPSA) is 66.9 Å². The zero-order chi connectivity index (χ0) is 16.6. The molecule has 2 bridgehead atoms. The highest BCUT2D eigenvalue weighted by atomic mass is 16.5. The van der Waals surface area contributed by atoms with Gasteiger partial charge in [-0.2, -0.15) is 0 Å². The van der Waals surface area contributed by atoms with Gasteiger partial charge in [-0.25, -0.2) is 0 Å². The van der Waals surface area contributed by atoms with Crippen molar-refractivity contribution in [3.8, 4) is 0 Å². The molecule has 6 aliphatic rings. The van der Waals surface area contributed by atoms with E-state index in [0.29, 0.717) is 38.1 Å². The molecule has 0 spiro atoms. The molecule has 6 nitrogen and oxygen atoms in total. The molecule has 128 valence electrons. The number of carbonyl (C=O) groups is 3. The number of likely N-dealkylation sites (tertiary alicyclic amines) is 1. The molecule has 0 aromatic rings. The molecule has 2 saturated carbocycles. The van der Waals surface area contributed by atoms with Crippen molar-refractivity contribution in [1.82, 2.24) is 9.80 Å². The van der Waals surface area contributed by atoms with Gasteiger partial charge in [0.2, 0.25) is 17.7 Å². The molecule has 2 aliphatic heterocycles. The lowest BCUT2D eigenvalue weighted by molar-refractivity contribution is -0.152. The molecule has 0 aromatic carbocycles. The summed E-state index contributed by atoms with van der Waals surface area (Å²) >= 11 is 0. The van der Waals surface area contributed by atoms with E-state index in [-0.39, 0.29) is 41.4 Å². The van der Waals surface area contributed by atoms with Crippen LogP contribution in [0.2, 0.25) is 0 Å². The molecule has 7 atom stereocenters. The number of amides is 3. The minimum atomic E-state index is -0.704. The summed E-state index contributed by atoms with van der Waals surface area (Å²) in [7, 11) is 0. The summed E-state index contributed by atoms with van der Waals surface area (Å²) < 4.78 is 5.28. The minimum Gasteiger partial charge on any atom is -0.378 e. The number of carbonyl (C=O) groups excluding carboxylic acids is 3. The second kappa shape index (κ2) is 4.91. The molecule has 4 fully saturated rings. The highest BCUT2D eigenvalue weighted by molar-refractivity contribution is 6.09. The molecule has 6 rings (SSSR count). The normalized spacial score (nSPS) is 43.7. The maximum Gasteiger partial charge on any atom is 0.245 e. The predicted molar refractivity (Wildman–Crippen MR) is 83.4 cm³/mol. The highest BCUT2D eigenvalue weighted by Gasteiger charge is 2.67. The Morgan fingerprint density at radius 2 is 1.62 bits per heavy atom. The molecule has 0 unspecified atom stereocenters. The van der Waals surface area contributed by atoms with Gasteiger partial charge in [0.05, 0.1) is 25.0 Å². The van der Waals surface area contributed by atoms with Crippen LogP contribution in [0.4, 0.5) is 0 Å².